The number of pyridine rings is 1. The summed E-state index contributed by atoms with van der Waals surface area (Å²) in [5.41, 5.74) is 4.81. The molecule has 0 bridgehead atoms. The van der Waals surface area contributed by atoms with Crippen LogP contribution in [0.2, 0.25) is 0 Å². The van der Waals surface area contributed by atoms with Crippen LogP contribution in [0, 0.1) is 5.82 Å². The number of ether oxygens (including phenoxy) is 1. The van der Waals surface area contributed by atoms with E-state index in [1.54, 1.807) is 18.3 Å². The second kappa shape index (κ2) is 7.05. The highest BCUT2D eigenvalue weighted by atomic mass is 19.1. The number of rotatable bonds is 3. The molecule has 0 radical (unpaired) electrons. The van der Waals surface area contributed by atoms with Gasteiger partial charge in [-0.15, -0.1) is 0 Å². The first kappa shape index (κ1) is 16.9. The molecule has 28 heavy (non-hydrogen) atoms. The second-order valence-electron chi connectivity index (χ2n) is 6.81. The average Bonchev–Trinajstić information content (AvgIpc) is 3.18. The van der Waals surface area contributed by atoms with Gasteiger partial charge in [0.15, 0.2) is 5.65 Å². The molecule has 1 N–H and O–H groups in total. The predicted octanol–water partition coefficient (Wildman–Crippen LogP) is 4.27. The topological polar surface area (TPSA) is 54.0 Å². The Hall–Kier alpha value is -3.25. The molecule has 0 spiro atoms. The Morgan fingerprint density at radius 3 is 2.68 bits per heavy atom. The Kier molecular flexibility index (Phi) is 4.25. The molecule has 1 aliphatic rings. The zero-order valence-corrected chi connectivity index (χ0v) is 15.2. The molecule has 1 saturated heterocycles. The number of nitrogens with one attached hydrogen (secondary N) is 1. The number of hydrogen-bond donors (Lipinski definition) is 1. The van der Waals surface area contributed by atoms with E-state index >= 15 is 0 Å². The van der Waals surface area contributed by atoms with Gasteiger partial charge in [-0.05, 0) is 24.3 Å². The van der Waals surface area contributed by atoms with Crippen molar-refractivity contribution >= 4 is 16.9 Å². The van der Waals surface area contributed by atoms with Crippen molar-refractivity contribution in [3.8, 4) is 22.5 Å². The van der Waals surface area contributed by atoms with E-state index in [1.807, 2.05) is 24.3 Å². The number of nitrogens with zero attached hydrogens (tertiary/aromatic N) is 3. The van der Waals surface area contributed by atoms with Crippen molar-refractivity contribution in [2.75, 3.05) is 31.2 Å². The standard InChI is InChI=1S/C22H19FN4O/c23-19-7-2-1-6-18(19)16-13-20-22(24-14-16)26-21(25-20)15-4-3-5-17(12-15)27-8-10-28-11-9-27/h1-7,12-14H,8-11H2,(H,24,25,26). The van der Waals surface area contributed by atoms with Crippen molar-refractivity contribution in [1.29, 1.82) is 0 Å². The van der Waals surface area contributed by atoms with Gasteiger partial charge in [-0.2, -0.15) is 0 Å². The lowest BCUT2D eigenvalue weighted by Gasteiger charge is -2.29. The summed E-state index contributed by atoms with van der Waals surface area (Å²) in [6, 6.07) is 16.9. The number of hydrogen-bond acceptors (Lipinski definition) is 4. The molecule has 0 saturated carbocycles. The normalized spacial score (nSPS) is 14.5. The number of morpholine rings is 1. The third-order valence-electron chi connectivity index (χ3n) is 5.02. The average molecular weight is 374 g/mol. The van der Waals surface area contributed by atoms with E-state index in [4.69, 9.17) is 4.74 Å². The molecule has 0 amide bonds. The molecule has 5 nitrogen and oxygen atoms in total. The van der Waals surface area contributed by atoms with Gasteiger partial charge in [0.2, 0.25) is 0 Å². The molecule has 0 aliphatic carbocycles. The summed E-state index contributed by atoms with van der Waals surface area (Å²) < 4.78 is 19.5. The maximum atomic E-state index is 14.1. The summed E-state index contributed by atoms with van der Waals surface area (Å²) >= 11 is 0. The minimum absolute atomic E-state index is 0.262. The van der Waals surface area contributed by atoms with Crippen molar-refractivity contribution in [3.05, 3.63) is 66.6 Å². The van der Waals surface area contributed by atoms with E-state index in [9.17, 15) is 4.39 Å². The van der Waals surface area contributed by atoms with Crippen LogP contribution in [0.5, 0.6) is 0 Å². The first-order valence-corrected chi connectivity index (χ1v) is 9.32. The predicted molar refractivity (Wildman–Crippen MR) is 108 cm³/mol. The monoisotopic (exact) mass is 374 g/mol. The molecule has 0 atom stereocenters. The van der Waals surface area contributed by atoms with Gasteiger partial charge < -0.3 is 14.6 Å². The molecule has 0 unspecified atom stereocenters. The number of imidazole rings is 1. The lowest BCUT2D eigenvalue weighted by Crippen LogP contribution is -2.36. The van der Waals surface area contributed by atoms with Gasteiger partial charge in [0.05, 0.1) is 18.7 Å². The van der Waals surface area contributed by atoms with Crippen LogP contribution in [0.15, 0.2) is 60.8 Å². The minimum Gasteiger partial charge on any atom is -0.378 e. The Morgan fingerprint density at radius 1 is 0.964 bits per heavy atom. The van der Waals surface area contributed by atoms with E-state index in [0.717, 1.165) is 54.5 Å². The molecule has 6 heteroatoms. The summed E-state index contributed by atoms with van der Waals surface area (Å²) in [5.74, 6) is 0.491. The molecule has 3 heterocycles. The highest BCUT2D eigenvalue weighted by Crippen LogP contribution is 2.28. The van der Waals surface area contributed by atoms with Crippen LogP contribution in [-0.2, 0) is 4.74 Å². The number of fused-ring (bicyclic) bond motifs is 1. The van der Waals surface area contributed by atoms with Gasteiger partial charge >= 0.3 is 0 Å². The van der Waals surface area contributed by atoms with Gasteiger partial charge in [0.1, 0.15) is 11.6 Å². The van der Waals surface area contributed by atoms with Gasteiger partial charge in [-0.25, -0.2) is 14.4 Å². The van der Waals surface area contributed by atoms with Crippen LogP contribution in [0.1, 0.15) is 0 Å². The van der Waals surface area contributed by atoms with Gasteiger partial charge in [0, 0.05) is 41.7 Å². The Balaban J connectivity index is 1.51. The van der Waals surface area contributed by atoms with Crippen molar-refractivity contribution in [2.24, 2.45) is 0 Å². The van der Waals surface area contributed by atoms with Crippen LogP contribution < -0.4 is 4.90 Å². The summed E-state index contributed by atoms with van der Waals surface area (Å²) in [6.07, 6.45) is 1.66. The first-order valence-electron chi connectivity index (χ1n) is 9.32. The van der Waals surface area contributed by atoms with E-state index < -0.39 is 0 Å². The smallest absolute Gasteiger partial charge is 0.178 e. The van der Waals surface area contributed by atoms with Crippen LogP contribution in [0.4, 0.5) is 10.1 Å². The van der Waals surface area contributed by atoms with Gasteiger partial charge in [0.25, 0.3) is 0 Å². The maximum Gasteiger partial charge on any atom is 0.178 e. The zero-order valence-electron chi connectivity index (χ0n) is 15.2. The number of aromatic amines is 1. The molecule has 2 aromatic carbocycles. The van der Waals surface area contributed by atoms with Crippen LogP contribution in [-0.4, -0.2) is 41.3 Å². The Bertz CT molecular complexity index is 1130. The van der Waals surface area contributed by atoms with Crippen molar-refractivity contribution in [3.63, 3.8) is 0 Å². The van der Waals surface area contributed by atoms with Gasteiger partial charge in [-0.3, -0.25) is 0 Å². The van der Waals surface area contributed by atoms with E-state index in [2.05, 4.69) is 32.0 Å². The summed E-state index contributed by atoms with van der Waals surface area (Å²) in [7, 11) is 0. The van der Waals surface area contributed by atoms with E-state index in [-0.39, 0.29) is 5.82 Å². The molecule has 140 valence electrons. The number of halogens is 1. The molecule has 2 aromatic heterocycles. The van der Waals surface area contributed by atoms with Crippen LogP contribution in [0.3, 0.4) is 0 Å². The van der Waals surface area contributed by atoms with E-state index in [0.29, 0.717) is 11.2 Å². The number of benzene rings is 2. The second-order valence-corrected chi connectivity index (χ2v) is 6.81. The first-order chi connectivity index (χ1) is 13.8. The largest absolute Gasteiger partial charge is 0.378 e. The molecular formula is C22H19FN4O. The van der Waals surface area contributed by atoms with Crippen LogP contribution in [0.25, 0.3) is 33.7 Å². The third kappa shape index (κ3) is 3.12. The van der Waals surface area contributed by atoms with Gasteiger partial charge in [-0.1, -0.05) is 30.3 Å². The summed E-state index contributed by atoms with van der Waals surface area (Å²) in [4.78, 5) is 14.7. The number of H-pyrrole nitrogens is 1. The zero-order chi connectivity index (χ0) is 18.9. The fourth-order valence-corrected chi connectivity index (χ4v) is 3.55. The quantitative estimate of drug-likeness (QED) is 0.582. The van der Waals surface area contributed by atoms with E-state index in [1.165, 1.54) is 6.07 Å². The SMILES string of the molecule is Fc1ccccc1-c1cnc2nc(-c3cccc(N4CCOCC4)c3)[nH]c2c1. The maximum absolute atomic E-state index is 14.1. The fourth-order valence-electron chi connectivity index (χ4n) is 3.55. The minimum atomic E-state index is -0.262. The summed E-state index contributed by atoms with van der Waals surface area (Å²) in [6.45, 7) is 3.27. The Labute approximate surface area is 161 Å². The molecule has 4 aromatic rings. The van der Waals surface area contributed by atoms with Crippen LogP contribution >= 0.6 is 0 Å². The number of aromatic nitrogens is 3. The van der Waals surface area contributed by atoms with Crippen molar-refractivity contribution in [1.82, 2.24) is 15.0 Å². The Morgan fingerprint density at radius 2 is 1.82 bits per heavy atom. The molecule has 5 rings (SSSR count). The third-order valence-corrected chi connectivity index (χ3v) is 5.02. The van der Waals surface area contributed by atoms with Crippen molar-refractivity contribution < 1.29 is 9.13 Å². The molecule has 1 fully saturated rings. The molecule has 1 aliphatic heterocycles. The highest BCUT2D eigenvalue weighted by molar-refractivity contribution is 5.81. The fraction of sp³-hybridized carbons (Fsp3) is 0.182. The lowest BCUT2D eigenvalue weighted by molar-refractivity contribution is 0.122. The highest BCUT2D eigenvalue weighted by Gasteiger charge is 2.14. The number of anilines is 1. The summed E-state index contributed by atoms with van der Waals surface area (Å²) in [5, 5.41) is 0. The lowest BCUT2D eigenvalue weighted by atomic mass is 10.1. The van der Waals surface area contributed by atoms with Crippen molar-refractivity contribution in [2.45, 2.75) is 0 Å². The molecular weight excluding hydrogens is 355 g/mol.